The Morgan fingerprint density at radius 2 is 1.85 bits per heavy atom. The SMILES string of the molecule is CC(C)(C)NCc1cc(Cl)cc(Nc2nc3cc(F)c(F)cc3[nH]2)c1O. The molecular weight excluding hydrogens is 362 g/mol. The van der Waals surface area contributed by atoms with E-state index in [-0.39, 0.29) is 22.8 Å². The van der Waals surface area contributed by atoms with E-state index < -0.39 is 11.6 Å². The van der Waals surface area contributed by atoms with Gasteiger partial charge < -0.3 is 20.7 Å². The van der Waals surface area contributed by atoms with Gasteiger partial charge in [-0.3, -0.25) is 0 Å². The summed E-state index contributed by atoms with van der Waals surface area (Å²) >= 11 is 6.15. The number of nitrogens with one attached hydrogen (secondary N) is 3. The number of fused-ring (bicyclic) bond motifs is 1. The molecule has 1 heterocycles. The first-order chi connectivity index (χ1) is 12.1. The average Bonchev–Trinajstić information content (AvgIpc) is 2.90. The Bertz CT molecular complexity index is 927. The van der Waals surface area contributed by atoms with Crippen LogP contribution in [0.25, 0.3) is 11.0 Å². The van der Waals surface area contributed by atoms with Gasteiger partial charge in [0.2, 0.25) is 5.95 Å². The van der Waals surface area contributed by atoms with Crippen LogP contribution in [0.3, 0.4) is 0 Å². The molecule has 0 radical (unpaired) electrons. The molecule has 0 bridgehead atoms. The average molecular weight is 381 g/mol. The van der Waals surface area contributed by atoms with Crippen LogP contribution in [0.1, 0.15) is 26.3 Å². The number of nitrogens with zero attached hydrogens (tertiary/aromatic N) is 1. The number of hydrogen-bond donors (Lipinski definition) is 4. The molecule has 3 rings (SSSR count). The second kappa shape index (κ2) is 6.74. The van der Waals surface area contributed by atoms with Crippen LogP contribution in [0.15, 0.2) is 24.3 Å². The highest BCUT2D eigenvalue weighted by Crippen LogP contribution is 2.34. The molecule has 0 atom stereocenters. The predicted molar refractivity (Wildman–Crippen MR) is 99.0 cm³/mol. The second-order valence-electron chi connectivity index (χ2n) is 7.06. The van der Waals surface area contributed by atoms with Crippen LogP contribution in [0, 0.1) is 11.6 Å². The molecule has 2 aromatic carbocycles. The normalized spacial score (nSPS) is 11.9. The third kappa shape index (κ3) is 4.05. The summed E-state index contributed by atoms with van der Waals surface area (Å²) in [5, 5.41) is 17.1. The van der Waals surface area contributed by atoms with Crippen molar-refractivity contribution in [1.29, 1.82) is 0 Å². The molecule has 5 nitrogen and oxygen atoms in total. The molecular formula is C18H19ClF2N4O. The predicted octanol–water partition coefficient (Wildman–Crippen LogP) is 4.83. The number of benzene rings is 2. The van der Waals surface area contributed by atoms with E-state index >= 15 is 0 Å². The van der Waals surface area contributed by atoms with Crippen LogP contribution in [0.4, 0.5) is 20.4 Å². The first-order valence-corrected chi connectivity index (χ1v) is 8.38. The molecule has 0 saturated carbocycles. The number of phenols is 1. The molecule has 3 aromatic rings. The van der Waals surface area contributed by atoms with Crippen molar-refractivity contribution < 1.29 is 13.9 Å². The molecule has 0 unspecified atom stereocenters. The summed E-state index contributed by atoms with van der Waals surface area (Å²) in [6.45, 7) is 6.46. The monoisotopic (exact) mass is 380 g/mol. The van der Waals surface area contributed by atoms with Crippen LogP contribution in [-0.4, -0.2) is 20.6 Å². The Kier molecular flexibility index (Phi) is 4.77. The van der Waals surface area contributed by atoms with Crippen LogP contribution >= 0.6 is 11.6 Å². The number of anilines is 2. The number of hydrogen-bond acceptors (Lipinski definition) is 4. The number of rotatable bonds is 4. The molecule has 0 spiro atoms. The van der Waals surface area contributed by atoms with E-state index in [0.717, 1.165) is 12.1 Å². The molecule has 0 saturated heterocycles. The molecule has 138 valence electrons. The van der Waals surface area contributed by atoms with Gasteiger partial charge in [0.25, 0.3) is 0 Å². The van der Waals surface area contributed by atoms with Gasteiger partial charge in [0.15, 0.2) is 11.6 Å². The van der Waals surface area contributed by atoms with Gasteiger partial charge in [-0.1, -0.05) is 11.6 Å². The van der Waals surface area contributed by atoms with Crippen LogP contribution < -0.4 is 10.6 Å². The lowest BCUT2D eigenvalue weighted by Gasteiger charge is -2.21. The lowest BCUT2D eigenvalue weighted by atomic mass is 10.1. The third-order valence-electron chi connectivity index (χ3n) is 3.74. The van der Waals surface area contributed by atoms with Crippen LogP contribution in [0.5, 0.6) is 5.75 Å². The molecule has 0 aliphatic carbocycles. The molecule has 0 fully saturated rings. The van der Waals surface area contributed by atoms with Crippen molar-refractivity contribution in [1.82, 2.24) is 15.3 Å². The molecule has 0 aliphatic heterocycles. The minimum absolute atomic E-state index is 0.0176. The summed E-state index contributed by atoms with van der Waals surface area (Å²) in [7, 11) is 0. The van der Waals surface area contributed by atoms with Crippen LogP contribution in [0.2, 0.25) is 5.02 Å². The summed E-state index contributed by atoms with van der Waals surface area (Å²) in [4.78, 5) is 6.99. The maximum atomic E-state index is 13.3. The zero-order valence-electron chi connectivity index (χ0n) is 14.5. The van der Waals surface area contributed by atoms with Gasteiger partial charge in [-0.05, 0) is 32.9 Å². The van der Waals surface area contributed by atoms with E-state index in [9.17, 15) is 13.9 Å². The van der Waals surface area contributed by atoms with Crippen molar-refractivity contribution in [2.75, 3.05) is 5.32 Å². The fourth-order valence-electron chi connectivity index (χ4n) is 2.44. The largest absolute Gasteiger partial charge is 0.505 e. The maximum absolute atomic E-state index is 13.3. The summed E-state index contributed by atoms with van der Waals surface area (Å²) in [6, 6.07) is 5.25. The quantitative estimate of drug-likeness (QED) is 0.489. The number of phenolic OH excluding ortho intramolecular Hbond substituents is 1. The Hall–Kier alpha value is -2.38. The maximum Gasteiger partial charge on any atom is 0.205 e. The van der Waals surface area contributed by atoms with E-state index in [4.69, 9.17) is 11.6 Å². The molecule has 0 aliphatic rings. The van der Waals surface area contributed by atoms with Gasteiger partial charge in [0, 0.05) is 34.8 Å². The van der Waals surface area contributed by atoms with Gasteiger partial charge >= 0.3 is 0 Å². The van der Waals surface area contributed by atoms with Crippen molar-refractivity contribution in [2.24, 2.45) is 0 Å². The van der Waals surface area contributed by atoms with Gasteiger partial charge in [-0.2, -0.15) is 0 Å². The molecule has 4 N–H and O–H groups in total. The van der Waals surface area contributed by atoms with Crippen molar-refractivity contribution in [3.8, 4) is 5.75 Å². The Labute approximate surface area is 154 Å². The van der Waals surface area contributed by atoms with E-state index in [2.05, 4.69) is 20.6 Å². The highest BCUT2D eigenvalue weighted by molar-refractivity contribution is 6.31. The Morgan fingerprint density at radius 1 is 1.15 bits per heavy atom. The van der Waals surface area contributed by atoms with Gasteiger partial charge in [-0.15, -0.1) is 0 Å². The molecule has 26 heavy (non-hydrogen) atoms. The summed E-state index contributed by atoms with van der Waals surface area (Å²) in [5.41, 5.74) is 1.42. The third-order valence-corrected chi connectivity index (χ3v) is 3.96. The minimum Gasteiger partial charge on any atom is -0.505 e. The number of imidazole rings is 1. The van der Waals surface area contributed by atoms with E-state index in [1.807, 2.05) is 20.8 Å². The second-order valence-corrected chi connectivity index (χ2v) is 7.49. The fourth-order valence-corrected chi connectivity index (χ4v) is 2.68. The number of halogens is 3. The standard InChI is InChI=1S/C18H19ClF2N4O/c1-18(2,3)22-8-9-4-10(19)5-15(16(9)26)25-17-23-13-6-11(20)12(21)7-14(13)24-17/h4-7,22,26H,8H2,1-3H3,(H2,23,24,25). The zero-order valence-corrected chi connectivity index (χ0v) is 15.3. The number of aromatic amines is 1. The van der Waals surface area contributed by atoms with Gasteiger partial charge in [-0.25, -0.2) is 13.8 Å². The van der Waals surface area contributed by atoms with Gasteiger partial charge in [0.1, 0.15) is 5.75 Å². The molecule has 8 heteroatoms. The first-order valence-electron chi connectivity index (χ1n) is 8.00. The van der Waals surface area contributed by atoms with E-state index in [1.54, 1.807) is 12.1 Å². The lowest BCUT2D eigenvalue weighted by Crippen LogP contribution is -2.35. The smallest absolute Gasteiger partial charge is 0.205 e. The number of aromatic nitrogens is 2. The minimum atomic E-state index is -0.975. The Morgan fingerprint density at radius 3 is 2.54 bits per heavy atom. The zero-order chi connectivity index (χ0) is 19.1. The highest BCUT2D eigenvalue weighted by Gasteiger charge is 2.15. The summed E-state index contributed by atoms with van der Waals surface area (Å²) in [6.07, 6.45) is 0. The molecule has 0 amide bonds. The van der Waals surface area contributed by atoms with Crippen molar-refractivity contribution in [2.45, 2.75) is 32.9 Å². The topological polar surface area (TPSA) is 73.0 Å². The fraction of sp³-hybridized carbons (Fsp3) is 0.278. The lowest BCUT2D eigenvalue weighted by molar-refractivity contribution is 0.412. The van der Waals surface area contributed by atoms with Crippen molar-refractivity contribution in [3.63, 3.8) is 0 Å². The first kappa shape index (κ1) is 18.4. The highest BCUT2D eigenvalue weighted by atomic mass is 35.5. The number of aromatic hydroxyl groups is 1. The molecule has 1 aromatic heterocycles. The number of H-pyrrole nitrogens is 1. The van der Waals surface area contributed by atoms with Crippen LogP contribution in [-0.2, 0) is 6.54 Å². The summed E-state index contributed by atoms with van der Waals surface area (Å²) in [5.74, 6) is -1.69. The van der Waals surface area contributed by atoms with Crippen molar-refractivity contribution in [3.05, 3.63) is 46.5 Å². The van der Waals surface area contributed by atoms with Crippen molar-refractivity contribution >= 4 is 34.3 Å². The Balaban J connectivity index is 1.91. The van der Waals surface area contributed by atoms with E-state index in [0.29, 0.717) is 28.3 Å². The summed E-state index contributed by atoms with van der Waals surface area (Å²) < 4.78 is 26.7. The van der Waals surface area contributed by atoms with Gasteiger partial charge in [0.05, 0.1) is 16.7 Å². The van der Waals surface area contributed by atoms with E-state index in [1.165, 1.54) is 0 Å².